The second-order valence-corrected chi connectivity index (χ2v) is 5.46. The van der Waals surface area contributed by atoms with E-state index in [9.17, 15) is 4.79 Å². The zero-order chi connectivity index (χ0) is 18.2. The van der Waals surface area contributed by atoms with Gasteiger partial charge in [0.15, 0.2) is 11.5 Å². The van der Waals surface area contributed by atoms with Crippen LogP contribution in [0.15, 0.2) is 42.5 Å². The van der Waals surface area contributed by atoms with Crippen LogP contribution in [0.4, 0.5) is 0 Å². The average Bonchev–Trinajstić information content (AvgIpc) is 2.64. The molecular formula is C19H19ClO5. The molecule has 2 aromatic carbocycles. The van der Waals surface area contributed by atoms with Gasteiger partial charge in [-0.2, -0.15) is 0 Å². The van der Waals surface area contributed by atoms with Crippen molar-refractivity contribution in [1.82, 2.24) is 0 Å². The molecule has 25 heavy (non-hydrogen) atoms. The molecule has 0 saturated heterocycles. The minimum absolute atomic E-state index is 0.176. The van der Waals surface area contributed by atoms with E-state index in [4.69, 9.17) is 30.5 Å². The van der Waals surface area contributed by atoms with Gasteiger partial charge in [0.25, 0.3) is 0 Å². The van der Waals surface area contributed by atoms with Gasteiger partial charge in [-0.3, -0.25) is 0 Å². The number of halogens is 1. The number of esters is 1. The number of benzene rings is 2. The van der Waals surface area contributed by atoms with Crippen LogP contribution < -0.4 is 14.2 Å². The molecule has 0 spiro atoms. The summed E-state index contributed by atoms with van der Waals surface area (Å²) in [5, 5.41) is 0.636. The van der Waals surface area contributed by atoms with Gasteiger partial charge in [-0.25, -0.2) is 4.79 Å². The highest BCUT2D eigenvalue weighted by Gasteiger charge is 2.12. The van der Waals surface area contributed by atoms with E-state index < -0.39 is 5.97 Å². The van der Waals surface area contributed by atoms with Crippen molar-refractivity contribution in [3.8, 4) is 17.2 Å². The number of carbonyl (C=O) groups excluding carboxylic acids is 1. The fraction of sp³-hybridized carbons (Fsp3) is 0.211. The van der Waals surface area contributed by atoms with Crippen LogP contribution >= 0.6 is 11.6 Å². The number of rotatable bonds is 7. The predicted octanol–water partition coefficient (Wildman–Crippen LogP) is 4.12. The third-order valence-corrected chi connectivity index (χ3v) is 3.65. The van der Waals surface area contributed by atoms with Crippen molar-refractivity contribution >= 4 is 23.6 Å². The lowest BCUT2D eigenvalue weighted by Crippen LogP contribution is -2.00. The molecule has 0 amide bonds. The molecule has 0 radical (unpaired) electrons. The Labute approximate surface area is 151 Å². The van der Waals surface area contributed by atoms with Gasteiger partial charge in [-0.15, -0.1) is 0 Å². The zero-order valence-electron chi connectivity index (χ0n) is 14.2. The largest absolute Gasteiger partial charge is 0.493 e. The van der Waals surface area contributed by atoms with Crippen LogP contribution in [-0.4, -0.2) is 27.3 Å². The number of carbonyl (C=O) groups is 1. The average molecular weight is 363 g/mol. The Balaban J connectivity index is 2.05. The van der Waals surface area contributed by atoms with Crippen molar-refractivity contribution in [2.24, 2.45) is 0 Å². The van der Waals surface area contributed by atoms with Gasteiger partial charge in [-0.1, -0.05) is 23.7 Å². The van der Waals surface area contributed by atoms with Gasteiger partial charge in [0.2, 0.25) is 5.75 Å². The van der Waals surface area contributed by atoms with Gasteiger partial charge in [0.05, 0.1) is 21.3 Å². The molecule has 0 unspecified atom stereocenters. The molecular weight excluding hydrogens is 344 g/mol. The van der Waals surface area contributed by atoms with Gasteiger partial charge < -0.3 is 18.9 Å². The molecule has 5 nitrogen and oxygen atoms in total. The highest BCUT2D eigenvalue weighted by molar-refractivity contribution is 6.30. The maximum Gasteiger partial charge on any atom is 0.331 e. The first kappa shape index (κ1) is 18.7. The Bertz CT molecular complexity index is 728. The Morgan fingerprint density at radius 2 is 1.60 bits per heavy atom. The molecule has 0 aliphatic rings. The third kappa shape index (κ3) is 5.16. The fourth-order valence-electron chi connectivity index (χ4n) is 2.15. The van der Waals surface area contributed by atoms with Crippen LogP contribution in [0.1, 0.15) is 11.1 Å². The molecule has 0 aromatic heterocycles. The summed E-state index contributed by atoms with van der Waals surface area (Å²) in [5.74, 6) is 1.06. The van der Waals surface area contributed by atoms with E-state index in [0.29, 0.717) is 22.3 Å². The van der Waals surface area contributed by atoms with Crippen LogP contribution in [-0.2, 0) is 16.1 Å². The lowest BCUT2D eigenvalue weighted by atomic mass is 10.1. The Kier molecular flexibility index (Phi) is 6.71. The quantitative estimate of drug-likeness (QED) is 0.547. The molecule has 0 aliphatic carbocycles. The molecule has 0 atom stereocenters. The van der Waals surface area contributed by atoms with Crippen molar-refractivity contribution in [2.75, 3.05) is 21.3 Å². The van der Waals surface area contributed by atoms with E-state index in [1.807, 2.05) is 0 Å². The van der Waals surface area contributed by atoms with Crippen LogP contribution in [0.25, 0.3) is 6.08 Å². The Morgan fingerprint density at radius 3 is 2.12 bits per heavy atom. The Morgan fingerprint density at radius 1 is 1.00 bits per heavy atom. The summed E-state index contributed by atoms with van der Waals surface area (Å²) in [6.07, 6.45) is 2.96. The van der Waals surface area contributed by atoms with Crippen LogP contribution in [0.2, 0.25) is 5.02 Å². The maximum absolute atomic E-state index is 11.9. The van der Waals surface area contributed by atoms with E-state index in [1.54, 1.807) is 42.5 Å². The number of hydrogen-bond acceptors (Lipinski definition) is 5. The van der Waals surface area contributed by atoms with E-state index in [1.165, 1.54) is 27.4 Å². The molecule has 0 saturated carbocycles. The molecule has 2 rings (SSSR count). The van der Waals surface area contributed by atoms with Gasteiger partial charge in [-0.05, 0) is 41.5 Å². The molecule has 0 N–H and O–H groups in total. The first-order valence-corrected chi connectivity index (χ1v) is 7.84. The second kappa shape index (κ2) is 8.99. The molecule has 2 aromatic rings. The minimum atomic E-state index is -0.455. The molecule has 0 aliphatic heterocycles. The van der Waals surface area contributed by atoms with E-state index in [-0.39, 0.29) is 6.61 Å². The summed E-state index contributed by atoms with van der Waals surface area (Å²) in [4.78, 5) is 11.9. The monoisotopic (exact) mass is 362 g/mol. The summed E-state index contributed by atoms with van der Waals surface area (Å²) in [6.45, 7) is 0.176. The predicted molar refractivity (Wildman–Crippen MR) is 96.4 cm³/mol. The van der Waals surface area contributed by atoms with Crippen LogP contribution in [0.5, 0.6) is 17.2 Å². The topological polar surface area (TPSA) is 54.0 Å². The number of ether oxygens (including phenoxy) is 4. The van der Waals surface area contributed by atoms with Gasteiger partial charge in [0.1, 0.15) is 6.61 Å². The highest BCUT2D eigenvalue weighted by Crippen LogP contribution is 2.38. The highest BCUT2D eigenvalue weighted by atomic mass is 35.5. The molecule has 0 heterocycles. The first-order chi connectivity index (χ1) is 12.1. The maximum atomic E-state index is 11.9. The van der Waals surface area contributed by atoms with E-state index in [0.717, 1.165) is 11.1 Å². The minimum Gasteiger partial charge on any atom is -0.493 e. The van der Waals surface area contributed by atoms with Crippen molar-refractivity contribution in [3.05, 3.63) is 58.6 Å². The smallest absolute Gasteiger partial charge is 0.331 e. The summed E-state index contributed by atoms with van der Waals surface area (Å²) >= 11 is 5.81. The van der Waals surface area contributed by atoms with Crippen molar-refractivity contribution in [2.45, 2.75) is 6.61 Å². The van der Waals surface area contributed by atoms with E-state index >= 15 is 0 Å². The normalized spacial score (nSPS) is 10.6. The summed E-state index contributed by atoms with van der Waals surface area (Å²) in [6, 6.07) is 10.6. The lowest BCUT2D eigenvalue weighted by Gasteiger charge is -2.12. The first-order valence-electron chi connectivity index (χ1n) is 7.46. The molecule has 6 heteroatoms. The fourth-order valence-corrected chi connectivity index (χ4v) is 2.27. The zero-order valence-corrected chi connectivity index (χ0v) is 15.0. The van der Waals surface area contributed by atoms with Crippen molar-refractivity contribution < 1.29 is 23.7 Å². The standard InChI is InChI=1S/C19H19ClO5/c1-22-16-10-14(11-17(23-2)19(16)24-3)6-9-18(21)25-12-13-4-7-15(20)8-5-13/h4-11H,12H2,1-3H3. The third-order valence-electron chi connectivity index (χ3n) is 3.39. The van der Waals surface area contributed by atoms with Gasteiger partial charge >= 0.3 is 5.97 Å². The molecule has 0 fully saturated rings. The molecule has 0 bridgehead atoms. The second-order valence-electron chi connectivity index (χ2n) is 5.03. The number of hydrogen-bond donors (Lipinski definition) is 0. The lowest BCUT2D eigenvalue weighted by molar-refractivity contribution is -0.138. The van der Waals surface area contributed by atoms with Gasteiger partial charge in [0, 0.05) is 11.1 Å². The number of methoxy groups -OCH3 is 3. The van der Waals surface area contributed by atoms with Crippen molar-refractivity contribution in [3.63, 3.8) is 0 Å². The molecule has 132 valence electrons. The Hall–Kier alpha value is -2.66. The summed E-state index contributed by atoms with van der Waals surface area (Å²) in [5.41, 5.74) is 1.58. The summed E-state index contributed by atoms with van der Waals surface area (Å²) < 4.78 is 21.0. The SMILES string of the molecule is COc1cc(C=CC(=O)OCc2ccc(Cl)cc2)cc(OC)c1OC. The van der Waals surface area contributed by atoms with Crippen LogP contribution in [0, 0.1) is 0 Å². The summed E-state index contributed by atoms with van der Waals surface area (Å²) in [7, 11) is 4.60. The van der Waals surface area contributed by atoms with E-state index in [2.05, 4.69) is 0 Å². The van der Waals surface area contributed by atoms with Crippen LogP contribution in [0.3, 0.4) is 0 Å². The van der Waals surface area contributed by atoms with Crippen molar-refractivity contribution in [1.29, 1.82) is 0 Å².